The number of benzene rings is 1. The molecule has 12 nitrogen and oxygen atoms in total. The minimum absolute atomic E-state index is 0.116. The number of aliphatic hydroxyl groups excluding tert-OH is 1. The van der Waals surface area contributed by atoms with Gasteiger partial charge in [0.1, 0.15) is 17.3 Å². The van der Waals surface area contributed by atoms with E-state index in [1.165, 1.54) is 13.2 Å². The van der Waals surface area contributed by atoms with E-state index in [1.54, 1.807) is 12.1 Å². The van der Waals surface area contributed by atoms with E-state index in [1.807, 2.05) is 19.9 Å². The lowest BCUT2D eigenvalue weighted by atomic mass is 9.46. The van der Waals surface area contributed by atoms with Gasteiger partial charge in [-0.25, -0.2) is 4.79 Å². The molecular formula is C35H47N3O9. The summed E-state index contributed by atoms with van der Waals surface area (Å²) in [4.78, 5) is 31.7. The van der Waals surface area contributed by atoms with E-state index in [-0.39, 0.29) is 41.9 Å². The number of piperidine rings is 2. The zero-order valence-electron chi connectivity index (χ0n) is 27.3. The highest BCUT2D eigenvalue weighted by atomic mass is 16.6. The number of aliphatic carboxylic acids is 1. The maximum absolute atomic E-state index is 13.6. The lowest BCUT2D eigenvalue weighted by molar-refractivity contribution is -0.229. The molecule has 47 heavy (non-hydrogen) atoms. The van der Waals surface area contributed by atoms with Crippen LogP contribution in [0.15, 0.2) is 24.3 Å². The number of esters is 1. The number of anilines is 1. The van der Waals surface area contributed by atoms with Crippen LogP contribution in [-0.2, 0) is 29.9 Å². The Bertz CT molecular complexity index is 1550. The molecule has 1 saturated carbocycles. The number of hydrogen-bond donors (Lipinski definition) is 6. The highest BCUT2D eigenvalue weighted by Crippen LogP contribution is 2.69. The van der Waals surface area contributed by atoms with Crippen LogP contribution in [0.5, 0.6) is 5.75 Å². The molecule has 256 valence electrons. The first-order valence-corrected chi connectivity index (χ1v) is 17.2. The molecule has 1 spiro atoms. The summed E-state index contributed by atoms with van der Waals surface area (Å²) in [5.41, 5.74) is -5.33. The average molecular weight is 654 g/mol. The molecule has 0 aromatic heterocycles. The number of epoxide rings is 1. The fourth-order valence-corrected chi connectivity index (χ4v) is 11.5. The fourth-order valence-electron chi connectivity index (χ4n) is 11.5. The van der Waals surface area contributed by atoms with Crippen molar-refractivity contribution in [3.8, 4) is 5.75 Å². The summed E-state index contributed by atoms with van der Waals surface area (Å²) < 4.78 is 11.3. The minimum atomic E-state index is -2.35. The van der Waals surface area contributed by atoms with Gasteiger partial charge in [0.15, 0.2) is 0 Å². The van der Waals surface area contributed by atoms with Gasteiger partial charge in [-0.2, -0.15) is 0 Å². The van der Waals surface area contributed by atoms with Crippen LogP contribution < -0.4 is 5.32 Å². The molecule has 5 fully saturated rings. The molecular weight excluding hydrogens is 606 g/mol. The Kier molecular flexibility index (Phi) is 6.81. The van der Waals surface area contributed by atoms with Crippen molar-refractivity contribution >= 4 is 17.6 Å². The number of hydrogen-bond acceptors (Lipinski definition) is 11. The van der Waals surface area contributed by atoms with Gasteiger partial charge in [-0.15, -0.1) is 0 Å². The normalized spacial score (nSPS) is 47.7. The third-order valence-corrected chi connectivity index (χ3v) is 13.5. The molecule has 6 heterocycles. The molecule has 0 radical (unpaired) electrons. The number of nitrogens with zero attached hydrogens (tertiary/aromatic N) is 2. The highest BCUT2D eigenvalue weighted by Gasteiger charge is 2.83. The van der Waals surface area contributed by atoms with E-state index in [0.29, 0.717) is 70.5 Å². The maximum atomic E-state index is 13.6. The van der Waals surface area contributed by atoms with Gasteiger partial charge in [0.25, 0.3) is 0 Å². The number of rotatable bonds is 5. The molecule has 6 aliphatic heterocycles. The molecule has 12 heteroatoms. The lowest BCUT2D eigenvalue weighted by Crippen LogP contribution is -2.81. The third kappa shape index (κ3) is 3.85. The molecule has 12 atom stereocenters. The fraction of sp³-hybridized carbons (Fsp3) is 0.714. The molecule has 8 rings (SSSR count). The molecule has 2 bridgehead atoms. The van der Waals surface area contributed by atoms with Crippen molar-refractivity contribution < 1.29 is 44.6 Å². The quantitative estimate of drug-likeness (QED) is 0.152. The summed E-state index contributed by atoms with van der Waals surface area (Å²) in [5.74, 6) is -2.38. The number of aliphatic hydroxyl groups is 3. The number of nitrogens with one attached hydrogen (secondary N) is 1. The molecule has 3 unspecified atom stereocenters. The lowest BCUT2D eigenvalue weighted by Gasteiger charge is -2.62. The largest absolute Gasteiger partial charge is 0.508 e. The standard InChI is InChI=1S/C35H47N3O9/c1-4-31(44)14-19-15-32(29(41)42,8-6-7-10-37(16-19)18-31)21-12-20-22(13-23(21)39)36-26-34(20)9-11-38-17-24-25(47-24)33(5-2,27(34)38)28(40)35(26,45)30(43)46-3/h6,8,12-13,19,24-28,36,39-40,44-45H,4-5,7,9-11,14-18H2,1-3H3,(H,41,42)/t19-,24?,25?,26-,27-,28-,31+,32+,33-,34+,35+/m1/s1. The number of phenolic OH excluding ortho intramolecular Hbond substituents is 1. The van der Waals surface area contributed by atoms with Crippen LogP contribution >= 0.6 is 0 Å². The van der Waals surface area contributed by atoms with Crippen LogP contribution in [0.25, 0.3) is 0 Å². The highest BCUT2D eigenvalue weighted by molar-refractivity contribution is 5.88. The van der Waals surface area contributed by atoms with Gasteiger partial charge in [0, 0.05) is 60.4 Å². The van der Waals surface area contributed by atoms with E-state index in [9.17, 15) is 35.1 Å². The van der Waals surface area contributed by atoms with Crippen molar-refractivity contribution in [1.82, 2.24) is 9.80 Å². The van der Waals surface area contributed by atoms with Crippen LogP contribution in [0.3, 0.4) is 0 Å². The predicted molar refractivity (Wildman–Crippen MR) is 169 cm³/mol. The number of carboxylic acids is 1. The maximum Gasteiger partial charge on any atom is 0.342 e. The van der Waals surface area contributed by atoms with Crippen LogP contribution in [0.4, 0.5) is 5.69 Å². The van der Waals surface area contributed by atoms with E-state index >= 15 is 0 Å². The summed E-state index contributed by atoms with van der Waals surface area (Å²) in [6.07, 6.45) is 4.41. The average Bonchev–Trinajstić information content (AvgIpc) is 3.62. The number of carbonyl (C=O) groups is 2. The number of ether oxygens (including phenoxy) is 2. The zero-order chi connectivity index (χ0) is 33.3. The first-order valence-electron chi connectivity index (χ1n) is 17.2. The van der Waals surface area contributed by atoms with Gasteiger partial charge in [0.2, 0.25) is 5.60 Å². The van der Waals surface area contributed by atoms with Crippen molar-refractivity contribution in [2.75, 3.05) is 45.2 Å². The van der Waals surface area contributed by atoms with Gasteiger partial charge in [-0.05, 0) is 62.6 Å². The molecule has 1 aromatic carbocycles. The van der Waals surface area contributed by atoms with Gasteiger partial charge in [0.05, 0.1) is 31.0 Å². The van der Waals surface area contributed by atoms with Gasteiger partial charge < -0.3 is 40.3 Å². The van der Waals surface area contributed by atoms with Gasteiger partial charge >= 0.3 is 11.9 Å². The van der Waals surface area contributed by atoms with Gasteiger partial charge in [-0.3, -0.25) is 14.6 Å². The van der Waals surface area contributed by atoms with Crippen molar-refractivity contribution in [1.29, 1.82) is 0 Å². The Morgan fingerprint density at radius 3 is 2.60 bits per heavy atom. The summed E-state index contributed by atoms with van der Waals surface area (Å²) in [6.45, 7) is 7.10. The summed E-state index contributed by atoms with van der Waals surface area (Å²) >= 11 is 0. The Balaban J connectivity index is 1.32. The number of carbonyl (C=O) groups excluding carboxylic acids is 1. The van der Waals surface area contributed by atoms with Crippen LogP contribution in [-0.4, -0.2) is 129 Å². The second-order valence-electron chi connectivity index (χ2n) is 15.5. The van der Waals surface area contributed by atoms with E-state index in [0.717, 1.165) is 5.56 Å². The first kappa shape index (κ1) is 31.5. The van der Waals surface area contributed by atoms with Crippen LogP contribution in [0, 0.1) is 11.3 Å². The summed E-state index contributed by atoms with van der Waals surface area (Å²) in [5, 5.41) is 62.2. The second-order valence-corrected chi connectivity index (χ2v) is 15.5. The van der Waals surface area contributed by atoms with E-state index in [2.05, 4.69) is 15.1 Å². The Hall–Kier alpha value is -2.74. The summed E-state index contributed by atoms with van der Waals surface area (Å²) in [6, 6.07) is 1.98. The SMILES string of the molecule is CC[C@]1(O)C[C@H]2CN(CCC=C[C@@](C(=O)O)(c3cc4c(cc3O)N[C@H]3[C@@](O)(C(=O)OC)[C@H](O)[C@]5(CC)C6OC6CN6CC[C@]43[C@H]65)C2)C1. The monoisotopic (exact) mass is 653 g/mol. The molecule has 4 saturated heterocycles. The smallest absolute Gasteiger partial charge is 0.342 e. The molecule has 7 aliphatic rings. The topological polar surface area (TPSA) is 176 Å². The van der Waals surface area contributed by atoms with E-state index < -0.39 is 51.5 Å². The number of aromatic hydroxyl groups is 1. The first-order chi connectivity index (χ1) is 22.3. The zero-order valence-corrected chi connectivity index (χ0v) is 27.3. The molecule has 1 aromatic rings. The van der Waals surface area contributed by atoms with Crippen molar-refractivity contribution in [3.05, 3.63) is 35.4 Å². The third-order valence-electron chi connectivity index (χ3n) is 13.5. The van der Waals surface area contributed by atoms with E-state index in [4.69, 9.17) is 9.47 Å². The molecule has 0 amide bonds. The Morgan fingerprint density at radius 1 is 1.11 bits per heavy atom. The number of methoxy groups -OCH3 is 1. The minimum Gasteiger partial charge on any atom is -0.508 e. The molecule has 1 aliphatic carbocycles. The van der Waals surface area contributed by atoms with Crippen molar-refractivity contribution in [3.63, 3.8) is 0 Å². The second kappa shape index (κ2) is 10.1. The Morgan fingerprint density at radius 2 is 1.89 bits per heavy atom. The van der Waals surface area contributed by atoms with Crippen molar-refractivity contribution in [2.45, 2.75) is 105 Å². The van der Waals surface area contributed by atoms with Crippen LogP contribution in [0.2, 0.25) is 0 Å². The van der Waals surface area contributed by atoms with Crippen LogP contribution in [0.1, 0.15) is 63.5 Å². The predicted octanol–water partition coefficient (Wildman–Crippen LogP) is 1.09. The Labute approximate surface area is 274 Å². The number of fused-ring (bicyclic) bond motifs is 5. The van der Waals surface area contributed by atoms with Crippen molar-refractivity contribution in [2.24, 2.45) is 11.3 Å². The number of phenols is 1. The van der Waals surface area contributed by atoms with Gasteiger partial charge in [-0.1, -0.05) is 26.0 Å². The molecule has 6 N–H and O–H groups in total. The number of carboxylic acid groups (broad SMARTS) is 1. The summed E-state index contributed by atoms with van der Waals surface area (Å²) in [7, 11) is 1.20.